The van der Waals surface area contributed by atoms with Crippen LogP contribution in [0.15, 0.2) is 0 Å². The van der Waals surface area contributed by atoms with Crippen molar-refractivity contribution in [1.29, 1.82) is 0 Å². The molecule has 0 unspecified atom stereocenters. The van der Waals surface area contributed by atoms with Crippen LogP contribution in [0.3, 0.4) is 0 Å². The Morgan fingerprint density at radius 3 is 2.47 bits per heavy atom. The van der Waals surface area contributed by atoms with Crippen molar-refractivity contribution >= 4 is 5.97 Å². The highest BCUT2D eigenvalue weighted by Gasteiger charge is 2.36. The van der Waals surface area contributed by atoms with Crippen LogP contribution in [0, 0.1) is 5.92 Å². The van der Waals surface area contributed by atoms with Gasteiger partial charge in [0.05, 0.1) is 6.10 Å². The van der Waals surface area contributed by atoms with Gasteiger partial charge in [-0.15, -0.1) is 0 Å². The van der Waals surface area contributed by atoms with E-state index in [4.69, 9.17) is 10.5 Å². The Morgan fingerprint density at radius 2 is 2.07 bits per heavy atom. The monoisotopic (exact) mass is 215 g/mol. The fourth-order valence-corrected chi connectivity index (χ4v) is 1.93. The molecular weight excluding hydrogens is 194 g/mol. The zero-order valence-electron chi connectivity index (χ0n) is 9.69. The topological polar surface area (TPSA) is 72.5 Å². The predicted octanol–water partition coefficient (Wildman–Crippen LogP) is 0.816. The Balaban J connectivity index is 2.52. The summed E-state index contributed by atoms with van der Waals surface area (Å²) in [6.07, 6.45) is 2.03. The third-order valence-electron chi connectivity index (χ3n) is 2.67. The normalized spacial score (nSPS) is 28.9. The van der Waals surface area contributed by atoms with Gasteiger partial charge in [0.2, 0.25) is 0 Å². The molecule has 0 aromatic heterocycles. The Hall–Kier alpha value is -0.610. The second-order valence-electron chi connectivity index (χ2n) is 5.22. The minimum absolute atomic E-state index is 0.139. The number of nitrogens with two attached hydrogens (primary N) is 1. The van der Waals surface area contributed by atoms with Crippen LogP contribution >= 0.6 is 0 Å². The third kappa shape index (κ3) is 3.47. The zero-order chi connectivity index (χ0) is 11.6. The number of esters is 1. The largest absolute Gasteiger partial charge is 0.459 e. The molecular formula is C11H21NO3. The average Bonchev–Trinajstić information content (AvgIpc) is 2.47. The first kappa shape index (κ1) is 12.5. The summed E-state index contributed by atoms with van der Waals surface area (Å²) in [5, 5.41) is 9.62. The van der Waals surface area contributed by atoms with Gasteiger partial charge in [0.1, 0.15) is 11.6 Å². The smallest absolute Gasteiger partial charge is 0.323 e. The van der Waals surface area contributed by atoms with Gasteiger partial charge in [-0.05, 0) is 33.6 Å². The zero-order valence-corrected chi connectivity index (χ0v) is 9.69. The molecule has 4 heteroatoms. The SMILES string of the molecule is CC(C)(C)OC(=O)[C@H](N)[C@@H]1CCC[C@H]1O. The van der Waals surface area contributed by atoms with Crippen LogP contribution in [-0.2, 0) is 9.53 Å². The van der Waals surface area contributed by atoms with Crippen molar-refractivity contribution in [1.82, 2.24) is 0 Å². The number of carbonyl (C=O) groups excluding carboxylic acids is 1. The van der Waals surface area contributed by atoms with Crippen molar-refractivity contribution in [3.63, 3.8) is 0 Å². The lowest BCUT2D eigenvalue weighted by Gasteiger charge is -2.26. The van der Waals surface area contributed by atoms with Crippen molar-refractivity contribution < 1.29 is 14.6 Å². The van der Waals surface area contributed by atoms with Gasteiger partial charge in [-0.25, -0.2) is 0 Å². The fourth-order valence-electron chi connectivity index (χ4n) is 1.93. The predicted molar refractivity (Wildman–Crippen MR) is 57.2 cm³/mol. The lowest BCUT2D eigenvalue weighted by Crippen LogP contribution is -2.45. The van der Waals surface area contributed by atoms with Crippen LogP contribution in [0.1, 0.15) is 40.0 Å². The number of carbonyl (C=O) groups is 1. The molecule has 1 saturated carbocycles. The summed E-state index contributed by atoms with van der Waals surface area (Å²) in [5.74, 6) is -0.548. The lowest BCUT2D eigenvalue weighted by atomic mass is 9.97. The van der Waals surface area contributed by atoms with Crippen molar-refractivity contribution in [2.45, 2.75) is 57.8 Å². The van der Waals surface area contributed by atoms with Gasteiger partial charge < -0.3 is 15.6 Å². The number of ether oxygens (including phenoxy) is 1. The maximum atomic E-state index is 11.6. The van der Waals surface area contributed by atoms with Crippen LogP contribution in [0.25, 0.3) is 0 Å². The number of rotatable bonds is 2. The molecule has 1 aliphatic rings. The Labute approximate surface area is 90.8 Å². The summed E-state index contributed by atoms with van der Waals surface area (Å²) >= 11 is 0. The maximum Gasteiger partial charge on any atom is 0.323 e. The van der Waals surface area contributed by atoms with Crippen molar-refractivity contribution in [3.8, 4) is 0 Å². The molecule has 3 atom stereocenters. The van der Waals surface area contributed by atoms with Crippen LogP contribution in [0.4, 0.5) is 0 Å². The Kier molecular flexibility index (Phi) is 3.73. The molecule has 88 valence electrons. The number of aliphatic hydroxyl groups is 1. The fraction of sp³-hybridized carbons (Fsp3) is 0.909. The molecule has 0 aromatic rings. The minimum Gasteiger partial charge on any atom is -0.459 e. The first-order valence-corrected chi connectivity index (χ1v) is 5.48. The molecule has 0 amide bonds. The van der Waals surface area contributed by atoms with E-state index in [-0.39, 0.29) is 5.92 Å². The van der Waals surface area contributed by atoms with Gasteiger partial charge in [-0.3, -0.25) is 4.79 Å². The van der Waals surface area contributed by atoms with E-state index in [1.807, 2.05) is 20.8 Å². The van der Waals surface area contributed by atoms with E-state index in [0.29, 0.717) is 0 Å². The summed E-state index contributed by atoms with van der Waals surface area (Å²) in [5.41, 5.74) is 5.27. The summed E-state index contributed by atoms with van der Waals surface area (Å²) in [7, 11) is 0. The summed E-state index contributed by atoms with van der Waals surface area (Å²) in [6, 6.07) is -0.693. The Morgan fingerprint density at radius 1 is 1.47 bits per heavy atom. The van der Waals surface area contributed by atoms with E-state index in [2.05, 4.69) is 0 Å². The highest BCUT2D eigenvalue weighted by atomic mass is 16.6. The first-order chi connectivity index (χ1) is 6.81. The van der Waals surface area contributed by atoms with Gasteiger partial charge in [-0.2, -0.15) is 0 Å². The molecule has 0 radical (unpaired) electrons. The highest BCUT2D eigenvalue weighted by Crippen LogP contribution is 2.28. The Bertz CT molecular complexity index is 234. The molecule has 4 nitrogen and oxygen atoms in total. The van der Waals surface area contributed by atoms with E-state index in [0.717, 1.165) is 19.3 Å². The number of hydrogen-bond acceptors (Lipinski definition) is 4. The molecule has 0 saturated heterocycles. The van der Waals surface area contributed by atoms with Gasteiger partial charge in [-0.1, -0.05) is 6.42 Å². The van der Waals surface area contributed by atoms with Crippen molar-refractivity contribution in [2.75, 3.05) is 0 Å². The minimum atomic E-state index is -0.693. The van der Waals surface area contributed by atoms with Gasteiger partial charge >= 0.3 is 5.97 Å². The lowest BCUT2D eigenvalue weighted by molar-refractivity contribution is -0.158. The summed E-state index contributed by atoms with van der Waals surface area (Å²) in [6.45, 7) is 5.42. The summed E-state index contributed by atoms with van der Waals surface area (Å²) < 4.78 is 5.19. The standard InChI is InChI=1S/C11H21NO3/c1-11(2,3)15-10(14)9(12)7-5-4-6-8(7)13/h7-9,13H,4-6,12H2,1-3H3/t7-,8-,9-/m1/s1. The van der Waals surface area contributed by atoms with E-state index < -0.39 is 23.7 Å². The van der Waals surface area contributed by atoms with E-state index in [1.54, 1.807) is 0 Å². The number of aliphatic hydroxyl groups excluding tert-OH is 1. The van der Waals surface area contributed by atoms with Crippen LogP contribution in [0.2, 0.25) is 0 Å². The second kappa shape index (κ2) is 4.49. The molecule has 0 heterocycles. The highest BCUT2D eigenvalue weighted by molar-refractivity contribution is 5.76. The summed E-state index contributed by atoms with van der Waals surface area (Å²) in [4.78, 5) is 11.6. The molecule has 15 heavy (non-hydrogen) atoms. The van der Waals surface area contributed by atoms with Crippen LogP contribution < -0.4 is 5.73 Å². The van der Waals surface area contributed by atoms with Crippen LogP contribution in [-0.4, -0.2) is 28.8 Å². The molecule has 1 rings (SSSR count). The third-order valence-corrected chi connectivity index (χ3v) is 2.67. The van der Waals surface area contributed by atoms with Crippen LogP contribution in [0.5, 0.6) is 0 Å². The van der Waals surface area contributed by atoms with Gasteiger partial charge in [0.25, 0.3) is 0 Å². The van der Waals surface area contributed by atoms with Gasteiger partial charge in [0, 0.05) is 5.92 Å². The molecule has 0 bridgehead atoms. The molecule has 1 fully saturated rings. The quantitative estimate of drug-likeness (QED) is 0.669. The van der Waals surface area contributed by atoms with Crippen molar-refractivity contribution in [3.05, 3.63) is 0 Å². The van der Waals surface area contributed by atoms with E-state index >= 15 is 0 Å². The average molecular weight is 215 g/mol. The molecule has 0 aliphatic heterocycles. The van der Waals surface area contributed by atoms with Crippen molar-refractivity contribution in [2.24, 2.45) is 11.7 Å². The maximum absolute atomic E-state index is 11.6. The molecule has 3 N–H and O–H groups in total. The number of hydrogen-bond donors (Lipinski definition) is 2. The molecule has 0 spiro atoms. The van der Waals surface area contributed by atoms with Gasteiger partial charge in [0.15, 0.2) is 0 Å². The first-order valence-electron chi connectivity index (χ1n) is 5.48. The molecule has 0 aromatic carbocycles. The van der Waals surface area contributed by atoms with E-state index in [9.17, 15) is 9.90 Å². The molecule has 1 aliphatic carbocycles. The second-order valence-corrected chi connectivity index (χ2v) is 5.22. The van der Waals surface area contributed by atoms with E-state index in [1.165, 1.54) is 0 Å².